The Morgan fingerprint density at radius 3 is 2.36 bits per heavy atom. The molecule has 8 heteroatoms. The van der Waals surface area contributed by atoms with Crippen LogP contribution in [0.3, 0.4) is 0 Å². The first-order valence-corrected chi connectivity index (χ1v) is 9.70. The van der Waals surface area contributed by atoms with Gasteiger partial charge in [0.2, 0.25) is 5.91 Å². The van der Waals surface area contributed by atoms with Crippen LogP contribution in [0.4, 0.5) is 5.69 Å². The van der Waals surface area contributed by atoms with Crippen molar-refractivity contribution in [2.24, 2.45) is 17.6 Å². The van der Waals surface area contributed by atoms with Crippen LogP contribution in [0.5, 0.6) is 0 Å². The van der Waals surface area contributed by atoms with E-state index in [1.807, 2.05) is 0 Å². The number of benzene rings is 1. The van der Waals surface area contributed by atoms with Gasteiger partial charge in [0, 0.05) is 50.4 Å². The third-order valence-corrected chi connectivity index (χ3v) is 5.71. The number of nitrogens with two attached hydrogens (primary N) is 1. The van der Waals surface area contributed by atoms with E-state index in [9.17, 15) is 4.79 Å². The lowest BCUT2D eigenvalue weighted by Crippen LogP contribution is -2.51. The number of nitrogens with zero attached hydrogens (tertiary/aromatic N) is 2. The second-order valence-corrected chi connectivity index (χ2v) is 7.57. The highest BCUT2D eigenvalue weighted by atomic mass is 35.5. The van der Waals surface area contributed by atoms with E-state index < -0.39 is 0 Å². The number of amides is 1. The lowest BCUT2D eigenvalue weighted by Gasteiger charge is -2.37. The summed E-state index contributed by atoms with van der Waals surface area (Å²) in [5.41, 5.74) is 7.11. The predicted molar refractivity (Wildman–Crippen MR) is 124 cm³/mol. The molecule has 162 valence electrons. The molecule has 1 aromatic rings. The minimum atomic E-state index is 0. The van der Waals surface area contributed by atoms with E-state index >= 15 is 0 Å². The number of piperazine rings is 1. The molecular weight excluding hydrogens is 419 g/mol. The first-order valence-electron chi connectivity index (χ1n) is 9.70. The van der Waals surface area contributed by atoms with Crippen molar-refractivity contribution in [2.75, 3.05) is 44.2 Å². The molecule has 1 amide bonds. The zero-order valence-corrected chi connectivity index (χ0v) is 19.0. The fourth-order valence-electron chi connectivity index (χ4n) is 4.27. The van der Waals surface area contributed by atoms with Crippen LogP contribution < -0.4 is 16.0 Å². The fraction of sp³-hybridized carbons (Fsp3) is 0.650. The molecule has 5 nitrogen and oxygen atoms in total. The molecule has 0 bridgehead atoms. The van der Waals surface area contributed by atoms with Gasteiger partial charge in [-0.05, 0) is 44.4 Å². The van der Waals surface area contributed by atoms with Crippen molar-refractivity contribution in [1.29, 1.82) is 0 Å². The minimum Gasteiger partial charge on any atom is -0.369 e. The molecule has 0 radical (unpaired) electrons. The molecule has 0 aromatic heterocycles. The Kier molecular flexibility index (Phi) is 13.1. The number of rotatable bonds is 6. The first kappa shape index (κ1) is 27.3. The highest BCUT2D eigenvalue weighted by molar-refractivity contribution is 5.86. The lowest BCUT2D eigenvalue weighted by atomic mass is 9.95. The summed E-state index contributed by atoms with van der Waals surface area (Å²) in [6, 6.07) is 10.8. The van der Waals surface area contributed by atoms with Gasteiger partial charge in [0.05, 0.1) is 0 Å². The van der Waals surface area contributed by atoms with Gasteiger partial charge in [-0.1, -0.05) is 24.6 Å². The summed E-state index contributed by atoms with van der Waals surface area (Å²) in [6.07, 6.45) is 3.23. The van der Waals surface area contributed by atoms with Crippen molar-refractivity contribution in [3.63, 3.8) is 0 Å². The van der Waals surface area contributed by atoms with Crippen molar-refractivity contribution >= 4 is 48.8 Å². The summed E-state index contributed by atoms with van der Waals surface area (Å²) >= 11 is 0. The Morgan fingerprint density at radius 2 is 1.75 bits per heavy atom. The molecule has 0 spiro atoms. The standard InChI is InChI=1S/C20H32N4O.3ClH/c1-16(22-20(25)19-9-5-6-17(19)14-21)15-23-10-12-24(13-11-23)18-7-3-2-4-8-18;;;/h2-4,7-8,16-17,19H,5-6,9-15,21H2,1H3,(H,22,25);3*1H/t16?,17-,19-;;;/m1.../s1. The van der Waals surface area contributed by atoms with Crippen LogP contribution in [0.2, 0.25) is 0 Å². The molecule has 3 rings (SSSR count). The quantitative estimate of drug-likeness (QED) is 0.695. The van der Waals surface area contributed by atoms with E-state index in [4.69, 9.17) is 5.73 Å². The highest BCUT2D eigenvalue weighted by Gasteiger charge is 2.32. The second kappa shape index (κ2) is 13.5. The zero-order chi connectivity index (χ0) is 17.6. The second-order valence-electron chi connectivity index (χ2n) is 7.57. The van der Waals surface area contributed by atoms with Crippen molar-refractivity contribution in [3.8, 4) is 0 Å². The van der Waals surface area contributed by atoms with Crippen LogP contribution in [0.1, 0.15) is 26.2 Å². The van der Waals surface area contributed by atoms with Gasteiger partial charge >= 0.3 is 0 Å². The molecule has 2 aliphatic rings. The van der Waals surface area contributed by atoms with Crippen LogP contribution in [0.25, 0.3) is 0 Å². The highest BCUT2D eigenvalue weighted by Crippen LogP contribution is 2.31. The largest absolute Gasteiger partial charge is 0.369 e. The lowest BCUT2D eigenvalue weighted by molar-refractivity contribution is -0.126. The van der Waals surface area contributed by atoms with Crippen LogP contribution in [0.15, 0.2) is 30.3 Å². The fourth-order valence-corrected chi connectivity index (χ4v) is 4.27. The predicted octanol–water partition coefficient (Wildman–Crippen LogP) is 2.95. The topological polar surface area (TPSA) is 61.6 Å². The molecule has 2 fully saturated rings. The van der Waals surface area contributed by atoms with E-state index in [-0.39, 0.29) is 55.1 Å². The van der Waals surface area contributed by atoms with E-state index in [0.29, 0.717) is 12.5 Å². The van der Waals surface area contributed by atoms with Crippen molar-refractivity contribution in [3.05, 3.63) is 30.3 Å². The first-order chi connectivity index (χ1) is 12.2. The van der Waals surface area contributed by atoms with E-state index in [0.717, 1.165) is 52.0 Å². The van der Waals surface area contributed by atoms with Crippen LogP contribution in [-0.4, -0.2) is 56.1 Å². The van der Waals surface area contributed by atoms with Crippen LogP contribution in [-0.2, 0) is 4.79 Å². The van der Waals surface area contributed by atoms with Gasteiger partial charge in [0.25, 0.3) is 0 Å². The summed E-state index contributed by atoms with van der Waals surface area (Å²) in [6.45, 7) is 7.86. The Labute approximate surface area is 188 Å². The maximum atomic E-state index is 12.5. The maximum absolute atomic E-state index is 12.5. The molecule has 1 aromatic carbocycles. The minimum absolute atomic E-state index is 0. The molecule has 1 unspecified atom stereocenters. The van der Waals surface area contributed by atoms with Crippen molar-refractivity contribution in [1.82, 2.24) is 10.2 Å². The number of nitrogens with one attached hydrogen (secondary N) is 1. The number of para-hydroxylation sites is 1. The molecule has 1 heterocycles. The Hall–Kier alpha value is -0.720. The Balaban J connectivity index is 0.00000243. The van der Waals surface area contributed by atoms with Gasteiger partial charge in [-0.3, -0.25) is 9.69 Å². The summed E-state index contributed by atoms with van der Waals surface area (Å²) in [5, 5.41) is 3.23. The number of carbonyl (C=O) groups is 1. The van der Waals surface area contributed by atoms with Gasteiger partial charge in [-0.25, -0.2) is 0 Å². The van der Waals surface area contributed by atoms with Gasteiger partial charge < -0.3 is 16.0 Å². The third-order valence-electron chi connectivity index (χ3n) is 5.71. The van der Waals surface area contributed by atoms with E-state index in [1.165, 1.54) is 5.69 Å². The monoisotopic (exact) mass is 452 g/mol. The van der Waals surface area contributed by atoms with E-state index in [2.05, 4.69) is 52.4 Å². The van der Waals surface area contributed by atoms with Crippen LogP contribution in [0, 0.1) is 11.8 Å². The smallest absolute Gasteiger partial charge is 0.223 e. The number of hydrogen-bond donors (Lipinski definition) is 2. The molecule has 1 aliphatic carbocycles. The number of halogens is 3. The van der Waals surface area contributed by atoms with Gasteiger partial charge in [0.1, 0.15) is 0 Å². The maximum Gasteiger partial charge on any atom is 0.223 e. The molecule has 3 N–H and O–H groups in total. The van der Waals surface area contributed by atoms with Crippen molar-refractivity contribution in [2.45, 2.75) is 32.2 Å². The molecule has 3 atom stereocenters. The molecule has 1 aliphatic heterocycles. The number of carbonyl (C=O) groups excluding carboxylic acids is 1. The molecule has 28 heavy (non-hydrogen) atoms. The third kappa shape index (κ3) is 7.27. The summed E-state index contributed by atoms with van der Waals surface area (Å²) in [7, 11) is 0. The average Bonchev–Trinajstić information content (AvgIpc) is 3.12. The van der Waals surface area contributed by atoms with Crippen molar-refractivity contribution < 1.29 is 4.79 Å². The normalized spacial score (nSPS) is 23.0. The molecule has 1 saturated heterocycles. The zero-order valence-electron chi connectivity index (χ0n) is 16.6. The van der Waals surface area contributed by atoms with E-state index in [1.54, 1.807) is 0 Å². The van der Waals surface area contributed by atoms with Gasteiger partial charge in [-0.15, -0.1) is 37.2 Å². The average molecular weight is 454 g/mol. The Morgan fingerprint density at radius 1 is 1.11 bits per heavy atom. The van der Waals surface area contributed by atoms with Gasteiger partial charge in [-0.2, -0.15) is 0 Å². The number of hydrogen-bond acceptors (Lipinski definition) is 4. The summed E-state index contributed by atoms with van der Waals surface area (Å²) in [5.74, 6) is 0.715. The summed E-state index contributed by atoms with van der Waals surface area (Å²) < 4.78 is 0. The molecular formula is C20H35Cl3N4O. The van der Waals surface area contributed by atoms with Gasteiger partial charge in [0.15, 0.2) is 0 Å². The summed E-state index contributed by atoms with van der Waals surface area (Å²) in [4.78, 5) is 17.4. The van der Waals surface area contributed by atoms with Crippen LogP contribution >= 0.6 is 37.2 Å². The Bertz CT molecular complexity index is 556. The number of anilines is 1. The SMILES string of the molecule is CC(CN1CCN(c2ccccc2)CC1)NC(=O)[C@@H]1CCC[C@@H]1CN.Cl.Cl.Cl. The molecule has 1 saturated carbocycles.